The molecule has 1 aliphatic heterocycles. The van der Waals surface area contributed by atoms with Crippen LogP contribution in [-0.4, -0.2) is 40.1 Å². The predicted octanol–water partition coefficient (Wildman–Crippen LogP) is 2.45. The Morgan fingerprint density at radius 2 is 2.28 bits per heavy atom. The number of nitrogens with zero attached hydrogens (tertiary/aromatic N) is 4. The number of carbonyl (C=O) groups excluding carboxylic acids is 1. The van der Waals surface area contributed by atoms with Gasteiger partial charge in [-0.05, 0) is 31.7 Å². The van der Waals surface area contributed by atoms with Gasteiger partial charge in [0.1, 0.15) is 22.1 Å². The first kappa shape index (κ1) is 19.7. The Balaban J connectivity index is 1.52. The van der Waals surface area contributed by atoms with Crippen LogP contribution in [-0.2, 0) is 18.4 Å². The van der Waals surface area contributed by atoms with Gasteiger partial charge in [0.05, 0.1) is 23.4 Å². The molecule has 0 aromatic carbocycles. The van der Waals surface area contributed by atoms with Crippen molar-refractivity contribution in [2.45, 2.75) is 26.4 Å². The number of piperidine rings is 1. The lowest BCUT2D eigenvalue weighted by Gasteiger charge is -2.35. The first-order valence-corrected chi connectivity index (χ1v) is 10.5. The quantitative estimate of drug-likeness (QED) is 0.641. The van der Waals surface area contributed by atoms with Crippen LogP contribution < -0.4 is 16.4 Å². The van der Waals surface area contributed by atoms with Crippen molar-refractivity contribution in [3.63, 3.8) is 0 Å². The van der Waals surface area contributed by atoms with Crippen LogP contribution in [0.5, 0.6) is 0 Å². The molecule has 154 valence electrons. The molecule has 0 unspecified atom stereocenters. The zero-order chi connectivity index (χ0) is 20.5. The normalized spacial score (nSPS) is 17.2. The number of aryl methyl sites for hydroxylation is 2. The largest absolute Gasteiger partial charge is 0.397 e. The lowest BCUT2D eigenvalue weighted by atomic mass is 9.98. The zero-order valence-corrected chi connectivity index (χ0v) is 17.5. The summed E-state index contributed by atoms with van der Waals surface area (Å²) in [7, 11) is 1.97. The van der Waals surface area contributed by atoms with E-state index in [0.717, 1.165) is 53.4 Å². The number of nitrogen functional groups attached to an aromatic ring is 1. The van der Waals surface area contributed by atoms with Crippen LogP contribution in [0, 0.1) is 12.8 Å². The third kappa shape index (κ3) is 3.92. The molecule has 29 heavy (non-hydrogen) atoms. The Labute approximate surface area is 173 Å². The summed E-state index contributed by atoms with van der Waals surface area (Å²) in [6, 6.07) is 2.05. The molecule has 0 bridgehead atoms. The zero-order valence-electron chi connectivity index (χ0n) is 16.7. The van der Waals surface area contributed by atoms with E-state index in [4.69, 9.17) is 16.2 Å². The Hall–Kier alpha value is -2.65. The van der Waals surface area contributed by atoms with Gasteiger partial charge in [-0.25, -0.2) is 9.97 Å². The monoisotopic (exact) mass is 414 g/mol. The van der Waals surface area contributed by atoms with E-state index in [1.54, 1.807) is 6.20 Å². The Kier molecular flexibility index (Phi) is 5.42. The number of fused-ring (bicyclic) bond motifs is 1. The number of anilines is 2. The number of thiophene rings is 1. The third-order valence-electron chi connectivity index (χ3n) is 5.40. The van der Waals surface area contributed by atoms with Crippen molar-refractivity contribution < 1.29 is 9.53 Å². The highest BCUT2D eigenvalue weighted by Gasteiger charge is 2.25. The summed E-state index contributed by atoms with van der Waals surface area (Å²) in [4.78, 5) is 24.1. The number of hydrogen-bond acceptors (Lipinski definition) is 7. The summed E-state index contributed by atoms with van der Waals surface area (Å²) in [5, 5.41) is 0.837. The molecule has 3 aromatic rings. The van der Waals surface area contributed by atoms with Gasteiger partial charge >= 0.3 is 0 Å². The number of pyridine rings is 1. The molecule has 0 aliphatic carbocycles. The number of carbonyl (C=O) groups is 1. The minimum Gasteiger partial charge on any atom is -0.397 e. The number of rotatable bonds is 6. The van der Waals surface area contributed by atoms with E-state index in [9.17, 15) is 4.79 Å². The van der Waals surface area contributed by atoms with Crippen LogP contribution in [0.1, 0.15) is 34.0 Å². The molecule has 4 rings (SSSR count). The van der Waals surface area contributed by atoms with E-state index in [1.165, 1.54) is 11.3 Å². The summed E-state index contributed by atoms with van der Waals surface area (Å²) in [6.45, 7) is 4.97. The highest BCUT2D eigenvalue weighted by atomic mass is 32.1. The number of amides is 1. The van der Waals surface area contributed by atoms with Gasteiger partial charge in [-0.1, -0.05) is 0 Å². The molecule has 4 heterocycles. The van der Waals surface area contributed by atoms with Gasteiger partial charge in [-0.2, -0.15) is 0 Å². The molecule has 1 fully saturated rings. The summed E-state index contributed by atoms with van der Waals surface area (Å²) in [5.74, 6) is 0.838. The van der Waals surface area contributed by atoms with E-state index in [2.05, 4.69) is 14.9 Å². The molecule has 1 saturated heterocycles. The van der Waals surface area contributed by atoms with Crippen LogP contribution in [0.4, 0.5) is 11.4 Å². The number of hydrogen-bond donors (Lipinski definition) is 2. The van der Waals surface area contributed by atoms with Crippen LogP contribution >= 0.6 is 11.3 Å². The molecule has 0 radical (unpaired) electrons. The molecule has 0 spiro atoms. The number of aromatic nitrogens is 3. The lowest BCUT2D eigenvalue weighted by molar-refractivity contribution is 0.0762. The van der Waals surface area contributed by atoms with E-state index >= 15 is 0 Å². The van der Waals surface area contributed by atoms with Crippen molar-refractivity contribution in [1.82, 2.24) is 14.5 Å². The Bertz CT molecular complexity index is 1040. The van der Waals surface area contributed by atoms with Crippen molar-refractivity contribution in [2.24, 2.45) is 18.7 Å². The minimum atomic E-state index is -0.506. The van der Waals surface area contributed by atoms with Crippen molar-refractivity contribution in [2.75, 3.05) is 30.3 Å². The number of ether oxygens (including phenoxy) is 1. The average Bonchev–Trinajstić information content (AvgIpc) is 3.24. The van der Waals surface area contributed by atoms with Gasteiger partial charge in [-0.3, -0.25) is 4.79 Å². The number of nitrogens with two attached hydrogens (primary N) is 2. The molecular formula is C20H26N6O2S. The summed E-state index contributed by atoms with van der Waals surface area (Å²) < 4.78 is 7.92. The second-order valence-electron chi connectivity index (χ2n) is 7.60. The number of primary amides is 1. The first-order chi connectivity index (χ1) is 13.9. The molecule has 9 heteroatoms. The van der Waals surface area contributed by atoms with Crippen molar-refractivity contribution >= 4 is 38.8 Å². The smallest absolute Gasteiger partial charge is 0.260 e. The average molecular weight is 415 g/mol. The molecule has 3 aromatic heterocycles. The maximum absolute atomic E-state index is 11.7. The Morgan fingerprint density at radius 1 is 1.45 bits per heavy atom. The summed E-state index contributed by atoms with van der Waals surface area (Å²) in [6.07, 6.45) is 5.90. The highest BCUT2D eigenvalue weighted by Crippen LogP contribution is 2.40. The molecular weight excluding hydrogens is 388 g/mol. The second kappa shape index (κ2) is 8.00. The number of imidazole rings is 1. The summed E-state index contributed by atoms with van der Waals surface area (Å²) >= 11 is 1.27. The van der Waals surface area contributed by atoms with Crippen LogP contribution in [0.3, 0.4) is 0 Å². The minimum absolute atomic E-state index is 0.381. The van der Waals surface area contributed by atoms with E-state index in [1.807, 2.05) is 30.8 Å². The maximum Gasteiger partial charge on any atom is 0.260 e. The fraction of sp³-hybridized carbons (Fsp3) is 0.450. The van der Waals surface area contributed by atoms with Crippen molar-refractivity contribution in [3.05, 3.63) is 34.9 Å². The molecule has 1 atom stereocenters. The highest BCUT2D eigenvalue weighted by molar-refractivity contribution is 7.21. The van der Waals surface area contributed by atoms with Gasteiger partial charge in [0.2, 0.25) is 0 Å². The van der Waals surface area contributed by atoms with E-state index in [-0.39, 0.29) is 0 Å². The SMILES string of the molecule is Cc1cc(N2CCC[C@H](COCc3nccn3C)C2)c2c(N)c(C(N)=O)sc2n1. The molecule has 0 saturated carbocycles. The summed E-state index contributed by atoms with van der Waals surface area (Å²) in [5.41, 5.74) is 14.2. The third-order valence-corrected chi connectivity index (χ3v) is 6.51. The van der Waals surface area contributed by atoms with Gasteiger partial charge in [0.15, 0.2) is 0 Å². The fourth-order valence-electron chi connectivity index (χ4n) is 3.92. The topological polar surface area (TPSA) is 112 Å². The first-order valence-electron chi connectivity index (χ1n) is 9.72. The standard InChI is InChI=1S/C20H26N6O2S/c1-12-8-14(16-17(21)18(19(22)27)29-20(16)24-12)26-6-3-4-13(9-26)10-28-11-15-23-5-7-25(15)2/h5,7-8,13H,3-4,6,9-11,21H2,1-2H3,(H2,22,27)/t13-/m0/s1. The molecule has 1 aliphatic rings. The molecule has 1 amide bonds. The lowest BCUT2D eigenvalue weighted by Crippen LogP contribution is -2.37. The van der Waals surface area contributed by atoms with Crippen molar-refractivity contribution in [3.8, 4) is 0 Å². The molecule has 4 N–H and O–H groups in total. The van der Waals surface area contributed by atoms with Crippen LogP contribution in [0.2, 0.25) is 0 Å². The predicted molar refractivity (Wildman–Crippen MR) is 115 cm³/mol. The fourth-order valence-corrected chi connectivity index (χ4v) is 4.94. The maximum atomic E-state index is 11.7. The van der Waals surface area contributed by atoms with Crippen molar-refractivity contribution in [1.29, 1.82) is 0 Å². The van der Waals surface area contributed by atoms with Gasteiger partial charge in [0.25, 0.3) is 5.91 Å². The van der Waals surface area contributed by atoms with Crippen LogP contribution in [0.25, 0.3) is 10.2 Å². The van der Waals surface area contributed by atoms with E-state index in [0.29, 0.717) is 29.7 Å². The van der Waals surface area contributed by atoms with Crippen LogP contribution in [0.15, 0.2) is 18.5 Å². The Morgan fingerprint density at radius 3 is 3.00 bits per heavy atom. The van der Waals surface area contributed by atoms with E-state index < -0.39 is 5.91 Å². The molecule has 8 nitrogen and oxygen atoms in total. The van der Waals surface area contributed by atoms with Gasteiger partial charge in [-0.15, -0.1) is 11.3 Å². The van der Waals surface area contributed by atoms with Gasteiger partial charge < -0.3 is 25.7 Å². The van der Waals surface area contributed by atoms with Gasteiger partial charge in [0, 0.05) is 38.2 Å². The second-order valence-corrected chi connectivity index (χ2v) is 8.59.